The number of nitrogens with one attached hydrogen (secondary N) is 2. The van der Waals surface area contributed by atoms with E-state index in [0.29, 0.717) is 17.9 Å². The van der Waals surface area contributed by atoms with Gasteiger partial charge in [-0.15, -0.1) is 0 Å². The lowest BCUT2D eigenvalue weighted by atomic mass is 10.0. The van der Waals surface area contributed by atoms with E-state index in [4.69, 9.17) is 0 Å². The third-order valence-electron chi connectivity index (χ3n) is 5.26. The molecule has 0 bridgehead atoms. The number of halogens is 1. The maximum absolute atomic E-state index is 13.1. The second kappa shape index (κ2) is 7.50. The fraction of sp³-hybridized carbons (Fsp3) is 0.227. The van der Waals surface area contributed by atoms with Crippen molar-refractivity contribution in [3.8, 4) is 11.3 Å². The fourth-order valence-electron chi connectivity index (χ4n) is 3.43. The van der Waals surface area contributed by atoms with E-state index < -0.39 is 5.92 Å². The lowest BCUT2D eigenvalue weighted by Crippen LogP contribution is -2.33. The Bertz CT molecular complexity index is 1070. The van der Waals surface area contributed by atoms with Crippen LogP contribution in [0.3, 0.4) is 0 Å². The summed E-state index contributed by atoms with van der Waals surface area (Å²) in [6.07, 6.45) is 2.39. The number of hydrogen-bond acceptors (Lipinski definition) is 3. The minimum Gasteiger partial charge on any atom is -0.358 e. The van der Waals surface area contributed by atoms with Crippen molar-refractivity contribution in [1.29, 1.82) is 0 Å². The summed E-state index contributed by atoms with van der Waals surface area (Å²) in [6.45, 7) is 2.44. The molecule has 0 saturated carbocycles. The van der Waals surface area contributed by atoms with Gasteiger partial charge in [0.1, 0.15) is 11.6 Å². The molecule has 0 radical (unpaired) electrons. The van der Waals surface area contributed by atoms with E-state index in [2.05, 4.69) is 15.3 Å². The van der Waals surface area contributed by atoms with Crippen LogP contribution in [0.1, 0.15) is 34.5 Å². The Hall–Kier alpha value is -3.48. The quantitative estimate of drug-likeness (QED) is 0.712. The topological polar surface area (TPSA) is 78.1 Å². The Labute approximate surface area is 167 Å². The van der Waals surface area contributed by atoms with Gasteiger partial charge in [0, 0.05) is 43.2 Å². The van der Waals surface area contributed by atoms with Gasteiger partial charge in [-0.05, 0) is 42.8 Å². The van der Waals surface area contributed by atoms with Crippen molar-refractivity contribution in [1.82, 2.24) is 14.9 Å². The first kappa shape index (κ1) is 18.9. The monoisotopic (exact) mass is 392 g/mol. The number of aromatic amines is 1. The average molecular weight is 392 g/mol. The molecular formula is C22H21FN4O2. The van der Waals surface area contributed by atoms with Gasteiger partial charge in [-0.2, -0.15) is 0 Å². The number of carbonyl (C=O) groups is 2. The lowest BCUT2D eigenvalue weighted by Gasteiger charge is -2.21. The number of rotatable bonds is 4. The molecule has 3 heterocycles. The van der Waals surface area contributed by atoms with Gasteiger partial charge in [-0.25, -0.2) is 9.37 Å². The van der Waals surface area contributed by atoms with Crippen molar-refractivity contribution in [2.75, 3.05) is 18.9 Å². The van der Waals surface area contributed by atoms with Crippen LogP contribution >= 0.6 is 0 Å². The van der Waals surface area contributed by atoms with E-state index in [1.54, 1.807) is 43.3 Å². The van der Waals surface area contributed by atoms with Gasteiger partial charge in [0.15, 0.2) is 0 Å². The maximum Gasteiger partial charge on any atom is 0.255 e. The van der Waals surface area contributed by atoms with Crippen LogP contribution in [0.5, 0.6) is 0 Å². The molecule has 2 amide bonds. The number of H-pyrrole nitrogens is 1. The van der Waals surface area contributed by atoms with Crippen molar-refractivity contribution < 1.29 is 14.0 Å². The van der Waals surface area contributed by atoms with Gasteiger partial charge < -0.3 is 15.2 Å². The molecule has 29 heavy (non-hydrogen) atoms. The Kier molecular flexibility index (Phi) is 4.88. The Morgan fingerprint density at radius 3 is 2.76 bits per heavy atom. The van der Waals surface area contributed by atoms with Gasteiger partial charge >= 0.3 is 0 Å². The van der Waals surface area contributed by atoms with E-state index in [9.17, 15) is 14.0 Å². The number of anilines is 1. The third-order valence-corrected chi connectivity index (χ3v) is 5.26. The van der Waals surface area contributed by atoms with Gasteiger partial charge in [-0.1, -0.05) is 12.1 Å². The number of benzene rings is 1. The predicted octanol–water partition coefficient (Wildman–Crippen LogP) is 3.59. The second-order valence-electron chi connectivity index (χ2n) is 7.24. The molecule has 1 unspecified atom stereocenters. The first-order valence-electron chi connectivity index (χ1n) is 9.42. The largest absolute Gasteiger partial charge is 0.358 e. The molecule has 3 aromatic rings. The number of pyridine rings is 1. The number of hydrogen-bond donors (Lipinski definition) is 2. The molecule has 4 rings (SSSR count). The molecule has 7 heteroatoms. The standard InChI is InChI=1S/C22H21FN4O2/c1-13(14-3-5-16(23)6-4-14)21(28)26-20-11-15(7-9-24-20)19-12-17-18(25-19)8-10-27(2)22(17)29/h3-7,9,11-13,25H,8,10H2,1-2H3,(H,24,26,28). The minimum absolute atomic E-state index is 0.00412. The van der Waals surface area contributed by atoms with Gasteiger partial charge in [0.05, 0.1) is 11.5 Å². The molecule has 0 saturated heterocycles. The Morgan fingerprint density at radius 2 is 2.00 bits per heavy atom. The molecule has 0 fully saturated rings. The molecule has 2 N–H and O–H groups in total. The number of nitrogens with zero attached hydrogens (tertiary/aromatic N) is 2. The molecule has 1 aromatic carbocycles. The van der Waals surface area contributed by atoms with Crippen LogP contribution in [0.15, 0.2) is 48.7 Å². The fourth-order valence-corrected chi connectivity index (χ4v) is 3.43. The Morgan fingerprint density at radius 1 is 1.24 bits per heavy atom. The summed E-state index contributed by atoms with van der Waals surface area (Å²) < 4.78 is 13.1. The van der Waals surface area contributed by atoms with Crippen LogP contribution in [0.4, 0.5) is 10.2 Å². The average Bonchev–Trinajstić information content (AvgIpc) is 3.16. The molecule has 2 aromatic heterocycles. The molecule has 1 atom stereocenters. The van der Waals surface area contributed by atoms with Crippen LogP contribution in [-0.2, 0) is 11.2 Å². The predicted molar refractivity (Wildman–Crippen MR) is 108 cm³/mol. The highest BCUT2D eigenvalue weighted by Crippen LogP contribution is 2.27. The molecular weight excluding hydrogens is 371 g/mol. The first-order chi connectivity index (χ1) is 13.9. The van der Waals surface area contributed by atoms with Crippen LogP contribution in [0.25, 0.3) is 11.3 Å². The van der Waals surface area contributed by atoms with Crippen molar-refractivity contribution in [3.05, 3.63) is 71.3 Å². The van der Waals surface area contributed by atoms with Crippen LogP contribution in [0.2, 0.25) is 0 Å². The van der Waals surface area contributed by atoms with Crippen molar-refractivity contribution in [2.24, 2.45) is 0 Å². The summed E-state index contributed by atoms with van der Waals surface area (Å²) in [5.74, 6) is -0.605. The van der Waals surface area contributed by atoms with Crippen LogP contribution in [-0.4, -0.2) is 40.3 Å². The van der Waals surface area contributed by atoms with Gasteiger partial charge in [0.25, 0.3) is 5.91 Å². The first-order valence-corrected chi connectivity index (χ1v) is 9.42. The number of carbonyl (C=O) groups excluding carboxylic acids is 2. The number of fused-ring (bicyclic) bond motifs is 1. The van der Waals surface area contributed by atoms with Crippen molar-refractivity contribution in [3.63, 3.8) is 0 Å². The second-order valence-corrected chi connectivity index (χ2v) is 7.24. The molecule has 0 spiro atoms. The summed E-state index contributed by atoms with van der Waals surface area (Å²) in [6, 6.07) is 11.3. The van der Waals surface area contributed by atoms with Crippen molar-refractivity contribution in [2.45, 2.75) is 19.3 Å². The van der Waals surface area contributed by atoms with E-state index in [1.165, 1.54) is 12.1 Å². The number of amides is 2. The van der Waals surface area contributed by atoms with Crippen LogP contribution in [0, 0.1) is 5.82 Å². The molecule has 148 valence electrons. The number of aromatic nitrogens is 2. The summed E-state index contributed by atoms with van der Waals surface area (Å²) in [4.78, 5) is 34.1. The Balaban J connectivity index is 1.53. The highest BCUT2D eigenvalue weighted by molar-refractivity contribution is 5.98. The minimum atomic E-state index is -0.452. The van der Waals surface area contributed by atoms with Gasteiger partial charge in [-0.3, -0.25) is 9.59 Å². The van der Waals surface area contributed by atoms with Gasteiger partial charge in [0.2, 0.25) is 5.91 Å². The van der Waals surface area contributed by atoms with E-state index in [1.807, 2.05) is 12.1 Å². The maximum atomic E-state index is 13.1. The van der Waals surface area contributed by atoms with E-state index in [-0.39, 0.29) is 17.6 Å². The highest BCUT2D eigenvalue weighted by Gasteiger charge is 2.24. The smallest absolute Gasteiger partial charge is 0.255 e. The summed E-state index contributed by atoms with van der Waals surface area (Å²) in [5.41, 5.74) is 3.97. The molecule has 1 aliphatic rings. The van der Waals surface area contributed by atoms with E-state index >= 15 is 0 Å². The zero-order chi connectivity index (χ0) is 20.5. The zero-order valence-electron chi connectivity index (χ0n) is 16.2. The summed E-state index contributed by atoms with van der Waals surface area (Å²) in [7, 11) is 1.79. The molecule has 0 aliphatic carbocycles. The summed E-state index contributed by atoms with van der Waals surface area (Å²) >= 11 is 0. The molecule has 6 nitrogen and oxygen atoms in total. The number of likely N-dealkylation sites (N-methyl/N-ethyl adjacent to an activating group) is 1. The SMILES string of the molecule is CC(C(=O)Nc1cc(-c2cc3c([nH]2)CCN(C)C3=O)ccn1)c1ccc(F)cc1. The molecule has 1 aliphatic heterocycles. The van der Waals surface area contributed by atoms with Crippen LogP contribution < -0.4 is 5.32 Å². The highest BCUT2D eigenvalue weighted by atomic mass is 19.1. The lowest BCUT2D eigenvalue weighted by molar-refractivity contribution is -0.117. The summed E-state index contributed by atoms with van der Waals surface area (Å²) in [5, 5.41) is 2.81. The van der Waals surface area contributed by atoms with E-state index in [0.717, 1.165) is 28.9 Å². The normalized spacial score (nSPS) is 14.4. The zero-order valence-corrected chi connectivity index (χ0v) is 16.2. The van der Waals surface area contributed by atoms with Crippen molar-refractivity contribution >= 4 is 17.6 Å². The third kappa shape index (κ3) is 3.76.